The van der Waals surface area contributed by atoms with Crippen molar-refractivity contribution in [2.45, 2.75) is 46.3 Å². The van der Waals surface area contributed by atoms with Crippen LogP contribution >= 0.6 is 0 Å². The Kier molecular flexibility index (Phi) is 9.79. The topological polar surface area (TPSA) is 92.0 Å². The van der Waals surface area contributed by atoms with E-state index in [1.54, 1.807) is 18.2 Å². The molecular weight excluding hydrogens is 392 g/mol. The maximum absolute atomic E-state index is 12.6. The van der Waals surface area contributed by atoms with Gasteiger partial charge >= 0.3 is 6.61 Å². The number of guanidine groups is 1. The van der Waals surface area contributed by atoms with E-state index in [0.717, 1.165) is 44.5 Å². The van der Waals surface area contributed by atoms with E-state index in [1.807, 2.05) is 13.8 Å². The number of primary amides is 1. The molecule has 1 aliphatic rings. The number of nitrogens with two attached hydrogens (primary N) is 1. The number of alkyl halides is 2. The van der Waals surface area contributed by atoms with E-state index in [0.29, 0.717) is 24.6 Å². The minimum atomic E-state index is -2.87. The van der Waals surface area contributed by atoms with E-state index in [4.69, 9.17) is 5.73 Å². The molecule has 1 atom stereocenters. The summed E-state index contributed by atoms with van der Waals surface area (Å²) in [6.07, 6.45) is 2.75. The fourth-order valence-electron chi connectivity index (χ4n) is 3.55. The Morgan fingerprint density at radius 3 is 2.90 bits per heavy atom. The number of likely N-dealkylation sites (tertiary alicyclic amines) is 1. The van der Waals surface area contributed by atoms with Gasteiger partial charge in [-0.3, -0.25) is 4.79 Å². The van der Waals surface area contributed by atoms with E-state index < -0.39 is 6.61 Å². The minimum Gasteiger partial charge on any atom is -0.434 e. The van der Waals surface area contributed by atoms with Crippen LogP contribution in [0.4, 0.5) is 8.78 Å². The third kappa shape index (κ3) is 8.14. The van der Waals surface area contributed by atoms with Gasteiger partial charge in [0.15, 0.2) is 5.96 Å². The number of benzene rings is 1. The van der Waals surface area contributed by atoms with E-state index >= 15 is 0 Å². The molecule has 0 spiro atoms. The summed E-state index contributed by atoms with van der Waals surface area (Å²) in [7, 11) is 0. The molecule has 1 heterocycles. The standard InChI is InChI=1S/C21H33F2N5O2/c1-3-25-21(26-9-5-11-28-10-4-6-16(14-28)19(24)29)27-13-17-12-15(2)7-8-18(17)30-20(22)23/h7-8,12,16,20H,3-6,9-11,13-14H2,1-2H3,(H2,24,29)(H2,25,26,27). The highest BCUT2D eigenvalue weighted by atomic mass is 19.3. The van der Waals surface area contributed by atoms with Crippen LogP contribution in [0.25, 0.3) is 0 Å². The van der Waals surface area contributed by atoms with Crippen LogP contribution in [0.1, 0.15) is 37.3 Å². The zero-order valence-corrected chi connectivity index (χ0v) is 17.8. The number of ether oxygens (including phenoxy) is 1. The van der Waals surface area contributed by atoms with Gasteiger partial charge in [0.25, 0.3) is 0 Å². The van der Waals surface area contributed by atoms with Crippen molar-refractivity contribution in [1.82, 2.24) is 15.5 Å². The molecule has 1 saturated heterocycles. The predicted octanol–water partition coefficient (Wildman–Crippen LogP) is 2.24. The summed E-state index contributed by atoms with van der Waals surface area (Å²) in [4.78, 5) is 18.2. The van der Waals surface area contributed by atoms with Gasteiger partial charge in [-0.05, 0) is 52.3 Å². The van der Waals surface area contributed by atoms with Gasteiger partial charge in [0.2, 0.25) is 5.91 Å². The third-order valence-electron chi connectivity index (χ3n) is 5.04. The van der Waals surface area contributed by atoms with Crippen LogP contribution in [0.2, 0.25) is 0 Å². The summed E-state index contributed by atoms with van der Waals surface area (Å²) in [6, 6.07) is 5.08. The number of nitrogens with one attached hydrogen (secondary N) is 2. The Morgan fingerprint density at radius 2 is 2.20 bits per heavy atom. The van der Waals surface area contributed by atoms with Crippen molar-refractivity contribution in [2.75, 3.05) is 32.7 Å². The Bertz CT molecular complexity index is 715. The molecule has 4 N–H and O–H groups in total. The van der Waals surface area contributed by atoms with Crippen molar-refractivity contribution in [3.63, 3.8) is 0 Å². The van der Waals surface area contributed by atoms with Crippen LogP contribution in [-0.4, -0.2) is 56.1 Å². The van der Waals surface area contributed by atoms with Crippen LogP contribution < -0.4 is 21.1 Å². The maximum Gasteiger partial charge on any atom is 0.387 e. The quantitative estimate of drug-likeness (QED) is 0.304. The highest BCUT2D eigenvalue weighted by Crippen LogP contribution is 2.23. The number of aryl methyl sites for hydroxylation is 1. The number of carbonyl (C=O) groups is 1. The lowest BCUT2D eigenvalue weighted by molar-refractivity contribution is -0.123. The fourth-order valence-corrected chi connectivity index (χ4v) is 3.55. The van der Waals surface area contributed by atoms with E-state index in [-0.39, 0.29) is 24.1 Å². The molecule has 0 aliphatic carbocycles. The SMILES string of the molecule is CCNC(=NCc1cc(C)ccc1OC(F)F)NCCCN1CCCC(C(N)=O)C1. The maximum atomic E-state index is 12.6. The van der Waals surface area contributed by atoms with Gasteiger partial charge in [0.05, 0.1) is 12.5 Å². The van der Waals surface area contributed by atoms with Crippen molar-refractivity contribution >= 4 is 11.9 Å². The number of rotatable bonds is 10. The normalized spacial score (nSPS) is 17.8. The van der Waals surface area contributed by atoms with Crippen LogP contribution in [-0.2, 0) is 11.3 Å². The molecule has 1 aromatic carbocycles. The molecule has 9 heteroatoms. The van der Waals surface area contributed by atoms with Crippen LogP contribution in [0.5, 0.6) is 5.75 Å². The van der Waals surface area contributed by atoms with Gasteiger partial charge in [0, 0.05) is 25.2 Å². The van der Waals surface area contributed by atoms with Crippen molar-refractivity contribution in [3.05, 3.63) is 29.3 Å². The lowest BCUT2D eigenvalue weighted by atomic mass is 9.97. The number of carbonyl (C=O) groups excluding carboxylic acids is 1. The van der Waals surface area contributed by atoms with Gasteiger partial charge in [-0.1, -0.05) is 17.7 Å². The lowest BCUT2D eigenvalue weighted by Crippen LogP contribution is -2.43. The summed E-state index contributed by atoms with van der Waals surface area (Å²) in [5.74, 6) is 0.496. The molecule has 168 valence electrons. The zero-order valence-electron chi connectivity index (χ0n) is 17.8. The first kappa shape index (κ1) is 23.9. The third-order valence-corrected chi connectivity index (χ3v) is 5.04. The molecular formula is C21H33F2N5O2. The van der Waals surface area contributed by atoms with E-state index in [1.165, 1.54) is 0 Å². The van der Waals surface area contributed by atoms with Crippen molar-refractivity contribution in [2.24, 2.45) is 16.6 Å². The van der Waals surface area contributed by atoms with Crippen molar-refractivity contribution < 1.29 is 18.3 Å². The molecule has 30 heavy (non-hydrogen) atoms. The number of aliphatic imine (C=N–C) groups is 1. The minimum absolute atomic E-state index is 0.0513. The first-order chi connectivity index (χ1) is 14.4. The Balaban J connectivity index is 1.86. The van der Waals surface area contributed by atoms with Crippen LogP contribution in [0.15, 0.2) is 23.2 Å². The molecule has 2 rings (SSSR count). The molecule has 1 amide bonds. The second-order valence-corrected chi connectivity index (χ2v) is 7.51. The number of amides is 1. The highest BCUT2D eigenvalue weighted by molar-refractivity contribution is 5.79. The molecule has 0 saturated carbocycles. The highest BCUT2D eigenvalue weighted by Gasteiger charge is 2.23. The van der Waals surface area contributed by atoms with E-state index in [9.17, 15) is 13.6 Å². The Labute approximate surface area is 177 Å². The smallest absolute Gasteiger partial charge is 0.387 e. The summed E-state index contributed by atoms with van der Waals surface area (Å²) >= 11 is 0. The zero-order chi connectivity index (χ0) is 21.9. The lowest BCUT2D eigenvalue weighted by Gasteiger charge is -2.31. The molecule has 0 bridgehead atoms. The molecule has 1 fully saturated rings. The first-order valence-corrected chi connectivity index (χ1v) is 10.5. The monoisotopic (exact) mass is 425 g/mol. The predicted molar refractivity (Wildman–Crippen MR) is 114 cm³/mol. The molecule has 0 aromatic heterocycles. The molecule has 0 radical (unpaired) electrons. The number of hydrogen-bond donors (Lipinski definition) is 3. The van der Waals surface area contributed by atoms with Gasteiger partial charge in [-0.25, -0.2) is 4.99 Å². The Morgan fingerprint density at radius 1 is 1.40 bits per heavy atom. The number of hydrogen-bond acceptors (Lipinski definition) is 4. The van der Waals surface area contributed by atoms with Gasteiger partial charge in [0.1, 0.15) is 5.75 Å². The molecule has 7 nitrogen and oxygen atoms in total. The molecule has 1 aliphatic heterocycles. The summed E-state index contributed by atoms with van der Waals surface area (Å²) in [5.41, 5.74) is 7.00. The number of nitrogens with zero attached hydrogens (tertiary/aromatic N) is 2. The summed E-state index contributed by atoms with van der Waals surface area (Å²) in [6.45, 7) is 5.20. The second kappa shape index (κ2) is 12.3. The fraction of sp³-hybridized carbons (Fsp3) is 0.619. The largest absolute Gasteiger partial charge is 0.434 e. The van der Waals surface area contributed by atoms with Gasteiger partial charge < -0.3 is 26.0 Å². The van der Waals surface area contributed by atoms with E-state index in [2.05, 4.69) is 25.3 Å². The summed E-state index contributed by atoms with van der Waals surface area (Å²) in [5, 5.41) is 6.43. The van der Waals surface area contributed by atoms with Gasteiger partial charge in [-0.2, -0.15) is 8.78 Å². The van der Waals surface area contributed by atoms with Crippen molar-refractivity contribution in [1.29, 1.82) is 0 Å². The van der Waals surface area contributed by atoms with Crippen LogP contribution in [0, 0.1) is 12.8 Å². The van der Waals surface area contributed by atoms with Crippen molar-refractivity contribution in [3.8, 4) is 5.75 Å². The van der Waals surface area contributed by atoms with Crippen LogP contribution in [0.3, 0.4) is 0 Å². The average molecular weight is 426 g/mol. The number of halogens is 2. The second-order valence-electron chi connectivity index (χ2n) is 7.51. The first-order valence-electron chi connectivity index (χ1n) is 10.5. The van der Waals surface area contributed by atoms with Gasteiger partial charge in [-0.15, -0.1) is 0 Å². The Hall–Kier alpha value is -2.42. The molecule has 1 unspecified atom stereocenters. The average Bonchev–Trinajstić information content (AvgIpc) is 2.71. The molecule has 1 aromatic rings. The number of piperidine rings is 1. The summed E-state index contributed by atoms with van der Waals surface area (Å²) < 4.78 is 29.9.